The Kier molecular flexibility index (Phi) is 3.19. The van der Waals surface area contributed by atoms with Gasteiger partial charge in [-0.15, -0.1) is 0 Å². The molecule has 0 radical (unpaired) electrons. The second kappa shape index (κ2) is 4.85. The van der Waals surface area contributed by atoms with Gasteiger partial charge in [0.1, 0.15) is 5.76 Å². The van der Waals surface area contributed by atoms with Gasteiger partial charge in [-0.05, 0) is 44.2 Å². The summed E-state index contributed by atoms with van der Waals surface area (Å²) in [7, 11) is 0. The fourth-order valence-corrected chi connectivity index (χ4v) is 2.95. The lowest BCUT2D eigenvalue weighted by Gasteiger charge is -2.07. The molecule has 2 aromatic heterocycles. The third-order valence-electron chi connectivity index (χ3n) is 4.13. The summed E-state index contributed by atoms with van der Waals surface area (Å²) < 4.78 is 7.45. The lowest BCUT2D eigenvalue weighted by molar-refractivity contribution is 0.392. The van der Waals surface area contributed by atoms with Crippen LogP contribution in [-0.4, -0.2) is 9.72 Å². The molecule has 2 heterocycles. The van der Waals surface area contributed by atoms with E-state index in [1.807, 2.05) is 13.8 Å². The predicted octanol–water partition coefficient (Wildman–Crippen LogP) is 2.87. The van der Waals surface area contributed by atoms with Crippen LogP contribution in [0.5, 0.6) is 0 Å². The smallest absolute Gasteiger partial charge is 0.138 e. The summed E-state index contributed by atoms with van der Waals surface area (Å²) >= 11 is 0. The fraction of sp³-hybridized carbons (Fsp3) is 0.533. The maximum Gasteiger partial charge on any atom is 0.138 e. The SMILES string of the molecule is Cc1noc(C)c1Cn1cc2c(c1)C(N)CCCC2. The van der Waals surface area contributed by atoms with Gasteiger partial charge < -0.3 is 14.8 Å². The van der Waals surface area contributed by atoms with Crippen LogP contribution in [0.3, 0.4) is 0 Å². The Morgan fingerprint density at radius 3 is 2.95 bits per heavy atom. The first kappa shape index (κ1) is 12.5. The molecule has 0 saturated carbocycles. The first-order valence-electron chi connectivity index (χ1n) is 7.01. The Hall–Kier alpha value is -1.55. The molecule has 2 aromatic rings. The minimum Gasteiger partial charge on any atom is -0.361 e. The van der Waals surface area contributed by atoms with E-state index < -0.39 is 0 Å². The van der Waals surface area contributed by atoms with Gasteiger partial charge in [0.05, 0.1) is 12.2 Å². The van der Waals surface area contributed by atoms with E-state index in [9.17, 15) is 0 Å². The number of aryl methyl sites for hydroxylation is 3. The van der Waals surface area contributed by atoms with Crippen molar-refractivity contribution in [3.8, 4) is 0 Å². The molecule has 0 aliphatic heterocycles. The molecule has 19 heavy (non-hydrogen) atoms. The minimum absolute atomic E-state index is 0.198. The van der Waals surface area contributed by atoms with Crippen molar-refractivity contribution in [2.45, 2.75) is 52.1 Å². The van der Waals surface area contributed by atoms with E-state index in [4.69, 9.17) is 10.3 Å². The molecule has 0 aromatic carbocycles. The highest BCUT2D eigenvalue weighted by Crippen LogP contribution is 2.28. The topological polar surface area (TPSA) is 57.0 Å². The quantitative estimate of drug-likeness (QED) is 0.844. The summed E-state index contributed by atoms with van der Waals surface area (Å²) in [4.78, 5) is 0. The normalized spacial score (nSPS) is 19.2. The van der Waals surface area contributed by atoms with Gasteiger partial charge in [-0.2, -0.15) is 0 Å². The van der Waals surface area contributed by atoms with Gasteiger partial charge in [-0.3, -0.25) is 0 Å². The van der Waals surface area contributed by atoms with Gasteiger partial charge in [0.2, 0.25) is 0 Å². The monoisotopic (exact) mass is 259 g/mol. The number of hydrogen-bond acceptors (Lipinski definition) is 3. The highest BCUT2D eigenvalue weighted by atomic mass is 16.5. The first-order valence-corrected chi connectivity index (χ1v) is 7.01. The van der Waals surface area contributed by atoms with Gasteiger partial charge in [0, 0.05) is 24.0 Å². The Bertz CT molecular complexity index is 563. The number of nitrogens with zero attached hydrogens (tertiary/aromatic N) is 2. The van der Waals surface area contributed by atoms with Crippen LogP contribution >= 0.6 is 0 Å². The number of aromatic nitrogens is 2. The van der Waals surface area contributed by atoms with Crippen molar-refractivity contribution in [2.24, 2.45) is 5.73 Å². The maximum atomic E-state index is 6.25. The number of fused-ring (bicyclic) bond motifs is 1. The summed E-state index contributed by atoms with van der Waals surface area (Å²) in [5.41, 5.74) is 11.1. The standard InChI is InChI=1S/C15H21N3O/c1-10-13(11(2)19-17-10)8-18-7-12-5-3-4-6-15(16)14(12)9-18/h7,9,15H,3-6,8,16H2,1-2H3. The highest BCUT2D eigenvalue weighted by molar-refractivity contribution is 5.30. The predicted molar refractivity (Wildman–Crippen MR) is 74.0 cm³/mol. The Labute approximate surface area is 113 Å². The Balaban J connectivity index is 1.89. The molecule has 0 bridgehead atoms. The molecule has 3 rings (SSSR count). The molecule has 0 fully saturated rings. The first-order chi connectivity index (χ1) is 9.15. The van der Waals surface area contributed by atoms with Crippen LogP contribution in [0.1, 0.15) is 53.4 Å². The zero-order valence-electron chi connectivity index (χ0n) is 11.6. The zero-order valence-corrected chi connectivity index (χ0v) is 11.6. The van der Waals surface area contributed by atoms with Gasteiger partial charge >= 0.3 is 0 Å². The molecule has 2 N–H and O–H groups in total. The van der Waals surface area contributed by atoms with Gasteiger partial charge in [-0.1, -0.05) is 11.6 Å². The van der Waals surface area contributed by atoms with Gasteiger partial charge in [0.25, 0.3) is 0 Å². The Morgan fingerprint density at radius 2 is 2.21 bits per heavy atom. The van der Waals surface area contributed by atoms with Crippen LogP contribution in [0, 0.1) is 13.8 Å². The Morgan fingerprint density at radius 1 is 1.37 bits per heavy atom. The third kappa shape index (κ3) is 2.32. The van der Waals surface area contributed by atoms with E-state index in [0.717, 1.165) is 30.8 Å². The molecular formula is C15H21N3O. The van der Waals surface area contributed by atoms with Crippen LogP contribution in [0.4, 0.5) is 0 Å². The van der Waals surface area contributed by atoms with Crippen molar-refractivity contribution in [1.82, 2.24) is 9.72 Å². The molecule has 4 nitrogen and oxygen atoms in total. The van der Waals surface area contributed by atoms with E-state index in [-0.39, 0.29) is 6.04 Å². The van der Waals surface area contributed by atoms with E-state index in [2.05, 4.69) is 22.1 Å². The van der Waals surface area contributed by atoms with Crippen molar-refractivity contribution in [2.75, 3.05) is 0 Å². The van der Waals surface area contributed by atoms with Crippen LogP contribution in [-0.2, 0) is 13.0 Å². The largest absolute Gasteiger partial charge is 0.361 e. The van der Waals surface area contributed by atoms with Crippen LogP contribution < -0.4 is 5.73 Å². The molecule has 0 amide bonds. The number of nitrogens with two attached hydrogens (primary N) is 1. The average molecular weight is 259 g/mol. The lowest BCUT2D eigenvalue weighted by atomic mass is 10.1. The molecule has 0 spiro atoms. The minimum atomic E-state index is 0.198. The van der Waals surface area contributed by atoms with Gasteiger partial charge in [-0.25, -0.2) is 0 Å². The molecule has 4 heteroatoms. The third-order valence-corrected chi connectivity index (χ3v) is 4.13. The summed E-state index contributed by atoms with van der Waals surface area (Å²) in [5, 5.41) is 4.01. The molecule has 1 atom stereocenters. The molecule has 1 aliphatic rings. The summed E-state index contributed by atoms with van der Waals surface area (Å²) in [5.74, 6) is 0.908. The van der Waals surface area contributed by atoms with E-state index in [0.29, 0.717) is 0 Å². The maximum absolute atomic E-state index is 6.25. The van der Waals surface area contributed by atoms with Crippen LogP contribution in [0.2, 0.25) is 0 Å². The summed E-state index contributed by atoms with van der Waals surface area (Å²) in [6.07, 6.45) is 9.18. The fourth-order valence-electron chi connectivity index (χ4n) is 2.95. The van der Waals surface area contributed by atoms with E-state index in [1.165, 1.54) is 29.5 Å². The second-order valence-electron chi connectivity index (χ2n) is 5.57. The van der Waals surface area contributed by atoms with Crippen molar-refractivity contribution in [3.05, 3.63) is 40.5 Å². The number of hydrogen-bond donors (Lipinski definition) is 1. The van der Waals surface area contributed by atoms with Crippen molar-refractivity contribution in [3.63, 3.8) is 0 Å². The number of rotatable bonds is 2. The van der Waals surface area contributed by atoms with E-state index >= 15 is 0 Å². The van der Waals surface area contributed by atoms with Gasteiger partial charge in [0.15, 0.2) is 0 Å². The van der Waals surface area contributed by atoms with Crippen LogP contribution in [0.15, 0.2) is 16.9 Å². The highest BCUT2D eigenvalue weighted by Gasteiger charge is 2.18. The molecule has 1 aliphatic carbocycles. The van der Waals surface area contributed by atoms with Crippen molar-refractivity contribution < 1.29 is 4.52 Å². The zero-order chi connectivity index (χ0) is 13.4. The summed E-state index contributed by atoms with van der Waals surface area (Å²) in [6.45, 7) is 4.78. The molecular weight excluding hydrogens is 238 g/mol. The lowest BCUT2D eigenvalue weighted by Crippen LogP contribution is -2.09. The summed E-state index contributed by atoms with van der Waals surface area (Å²) in [6, 6.07) is 0.198. The van der Waals surface area contributed by atoms with Crippen molar-refractivity contribution >= 4 is 0 Å². The molecule has 1 unspecified atom stereocenters. The molecule has 0 saturated heterocycles. The van der Waals surface area contributed by atoms with E-state index in [1.54, 1.807) is 0 Å². The second-order valence-corrected chi connectivity index (χ2v) is 5.57. The average Bonchev–Trinajstić information content (AvgIpc) is 2.88. The molecule has 102 valence electrons. The van der Waals surface area contributed by atoms with Crippen molar-refractivity contribution in [1.29, 1.82) is 0 Å². The van der Waals surface area contributed by atoms with Crippen LogP contribution in [0.25, 0.3) is 0 Å².